The van der Waals surface area contributed by atoms with Crippen molar-refractivity contribution in [3.63, 3.8) is 0 Å². The number of nitrogens with zero attached hydrogens (tertiary/aromatic N) is 4. The number of anilines is 12. The van der Waals surface area contributed by atoms with E-state index in [1.807, 2.05) is 11.8 Å². The topological polar surface area (TPSA) is 22.2 Å². The summed E-state index contributed by atoms with van der Waals surface area (Å²) in [4.78, 5) is 12.3. The Balaban J connectivity index is 0.920. The molecular weight excluding hydrogens is 1130 g/mol. The second kappa shape index (κ2) is 22.2. The molecular formula is C84H56B2N4OS. The van der Waals surface area contributed by atoms with Gasteiger partial charge in [0, 0.05) is 72.6 Å². The van der Waals surface area contributed by atoms with Crippen molar-refractivity contribution >= 4 is 126 Å². The van der Waals surface area contributed by atoms with Crippen molar-refractivity contribution in [1.29, 1.82) is 0 Å². The van der Waals surface area contributed by atoms with Gasteiger partial charge in [0.05, 0.1) is 17.1 Å². The van der Waals surface area contributed by atoms with Crippen molar-refractivity contribution in [3.8, 4) is 44.9 Å². The Bertz CT molecular complexity index is 5100. The van der Waals surface area contributed by atoms with Gasteiger partial charge in [0.1, 0.15) is 11.5 Å². The smallest absolute Gasteiger partial charge is 0.253 e. The average molecular weight is 1190 g/mol. The Morgan fingerprint density at radius 3 is 1.46 bits per heavy atom. The lowest BCUT2D eigenvalue weighted by Crippen LogP contribution is -2.64. The Morgan fingerprint density at radius 1 is 0.261 bits per heavy atom. The van der Waals surface area contributed by atoms with Crippen molar-refractivity contribution in [2.24, 2.45) is 0 Å². The van der Waals surface area contributed by atoms with Crippen LogP contribution in [0.4, 0.5) is 68.2 Å². The number of hydrogen-bond donors (Lipinski definition) is 0. The molecule has 0 aromatic heterocycles. The number of rotatable bonds is 11. The van der Waals surface area contributed by atoms with Crippen LogP contribution in [0.3, 0.4) is 0 Å². The van der Waals surface area contributed by atoms with E-state index in [0.717, 1.165) is 108 Å². The molecule has 0 aliphatic carbocycles. The number of benzene rings is 14. The third-order valence-electron chi connectivity index (χ3n) is 18.7. The maximum Gasteiger partial charge on any atom is 0.253 e. The van der Waals surface area contributed by atoms with E-state index in [1.54, 1.807) is 0 Å². The quantitative estimate of drug-likeness (QED) is 0.120. The number of fused-ring (bicyclic) bond motifs is 8. The van der Waals surface area contributed by atoms with E-state index in [0.29, 0.717) is 0 Å². The van der Waals surface area contributed by atoms with Crippen molar-refractivity contribution in [2.75, 3.05) is 19.6 Å². The molecule has 0 saturated heterocycles. The molecule has 0 unspecified atom stereocenters. The molecule has 14 aromatic carbocycles. The van der Waals surface area contributed by atoms with Gasteiger partial charge in [0.2, 0.25) is 0 Å². The van der Waals surface area contributed by atoms with Gasteiger partial charge in [0.15, 0.2) is 0 Å². The van der Waals surface area contributed by atoms with Gasteiger partial charge in [-0.2, -0.15) is 0 Å². The lowest BCUT2D eigenvalue weighted by atomic mass is 9.31. The van der Waals surface area contributed by atoms with E-state index in [4.69, 9.17) is 4.74 Å². The van der Waals surface area contributed by atoms with Gasteiger partial charge in [-0.25, -0.2) is 0 Å². The van der Waals surface area contributed by atoms with Gasteiger partial charge in [-0.3, -0.25) is 0 Å². The fourth-order valence-electron chi connectivity index (χ4n) is 14.7. The number of ether oxygens (including phenoxy) is 1. The molecule has 0 fully saturated rings. The molecule has 0 atom stereocenters. The molecule has 8 heteroatoms. The highest BCUT2D eigenvalue weighted by atomic mass is 32.2. The molecule has 5 nitrogen and oxygen atoms in total. The Kier molecular flexibility index (Phi) is 13.0. The molecule has 92 heavy (non-hydrogen) atoms. The molecule has 0 bridgehead atoms. The summed E-state index contributed by atoms with van der Waals surface area (Å²) in [6, 6.07) is 124. The third-order valence-corrected chi connectivity index (χ3v) is 19.8. The Morgan fingerprint density at radius 2 is 0.761 bits per heavy atom. The molecule has 0 spiro atoms. The summed E-state index contributed by atoms with van der Waals surface area (Å²) in [6.07, 6.45) is 0. The molecule has 430 valence electrons. The summed E-state index contributed by atoms with van der Waals surface area (Å²) >= 11 is 1.86. The second-order valence-electron chi connectivity index (χ2n) is 23.9. The van der Waals surface area contributed by atoms with Gasteiger partial charge >= 0.3 is 0 Å². The van der Waals surface area contributed by atoms with Crippen LogP contribution in [-0.2, 0) is 0 Å². The SMILES string of the molecule is c1ccc(-c2ccc(N(c3cccc(-c4ccccc4)c3)c3cc4c5c(c3)N(c3ccccc3-c3ccccc3)c3cc6c(cc3B5c3ccccc3N4c3ccccc3)B3c4ccccc4Oc4cc(N(c5ccccc5)c5ccccc5)cc(c43)S6)cc2)cc1. The van der Waals surface area contributed by atoms with Crippen molar-refractivity contribution in [1.82, 2.24) is 0 Å². The molecule has 14 aromatic rings. The molecule has 18 rings (SSSR count). The second-order valence-corrected chi connectivity index (χ2v) is 25.0. The van der Waals surface area contributed by atoms with Crippen LogP contribution >= 0.6 is 11.8 Å². The monoisotopic (exact) mass is 1190 g/mol. The van der Waals surface area contributed by atoms with Crippen LogP contribution in [0.2, 0.25) is 0 Å². The summed E-state index contributed by atoms with van der Waals surface area (Å²) in [5.41, 5.74) is 27.3. The van der Waals surface area contributed by atoms with Crippen molar-refractivity contribution in [3.05, 3.63) is 340 Å². The summed E-state index contributed by atoms with van der Waals surface area (Å²) < 4.78 is 7.15. The first-order chi connectivity index (χ1) is 45.6. The van der Waals surface area contributed by atoms with Crippen molar-refractivity contribution in [2.45, 2.75) is 9.79 Å². The van der Waals surface area contributed by atoms with Crippen LogP contribution in [0.25, 0.3) is 33.4 Å². The van der Waals surface area contributed by atoms with Gasteiger partial charge in [-0.15, -0.1) is 0 Å². The van der Waals surface area contributed by atoms with Crippen LogP contribution in [0, 0.1) is 0 Å². The molecule has 0 radical (unpaired) electrons. The van der Waals surface area contributed by atoms with Crippen LogP contribution in [0.1, 0.15) is 0 Å². The fraction of sp³-hybridized carbons (Fsp3) is 0. The fourth-order valence-corrected chi connectivity index (χ4v) is 15.9. The molecule has 4 heterocycles. The maximum atomic E-state index is 7.15. The lowest BCUT2D eigenvalue weighted by molar-refractivity contribution is 0.486. The molecule has 4 aliphatic rings. The normalized spacial score (nSPS) is 12.7. The standard InChI is InChI=1S/C84H56B2N4OS/c1-7-26-57(27-8-1)59-46-48-65(49-47-59)88(66-39-25-32-61(50-66)58-28-9-2-10-29-58)67-51-77-83-78(52-67)90(74-43-22-19-40-69(74)60-30-11-3-12-31-60)76-56-81-73(55-72(76)85(83)70-41-20-23-44-75(70)89(77)64-37-17-6-18-38-64)86-71-42-21-24-45-79(71)91-80-53-68(54-82(92-81)84(80)86)87(62-33-13-4-14-34-62)63-35-15-5-16-36-63/h1-56H. The average Bonchev–Trinajstić information content (AvgIpc) is 0.692. The predicted octanol–water partition coefficient (Wildman–Crippen LogP) is 18.8. The van der Waals surface area contributed by atoms with E-state index in [2.05, 4.69) is 359 Å². The zero-order valence-corrected chi connectivity index (χ0v) is 50.9. The van der Waals surface area contributed by atoms with Gasteiger partial charge in [-0.05, 0) is 158 Å². The van der Waals surface area contributed by atoms with Gasteiger partial charge < -0.3 is 24.3 Å². The summed E-state index contributed by atoms with van der Waals surface area (Å²) in [5, 5.41) is 0. The highest BCUT2D eigenvalue weighted by molar-refractivity contribution is 8.00. The maximum absolute atomic E-state index is 7.15. The number of hydrogen-bond acceptors (Lipinski definition) is 6. The largest absolute Gasteiger partial charge is 0.458 e. The van der Waals surface area contributed by atoms with Crippen LogP contribution in [-0.4, -0.2) is 13.4 Å². The van der Waals surface area contributed by atoms with Gasteiger partial charge in [-0.1, -0.05) is 248 Å². The minimum Gasteiger partial charge on any atom is -0.458 e. The summed E-state index contributed by atoms with van der Waals surface area (Å²) in [7, 11) is 0. The highest BCUT2D eigenvalue weighted by Gasteiger charge is 2.47. The lowest BCUT2D eigenvalue weighted by Gasteiger charge is -2.46. The van der Waals surface area contributed by atoms with Gasteiger partial charge in [0.25, 0.3) is 13.4 Å². The Hall–Kier alpha value is -11.4. The van der Waals surface area contributed by atoms with E-state index in [1.165, 1.54) is 48.1 Å². The Labute approximate surface area is 541 Å². The molecule has 0 saturated carbocycles. The zero-order valence-electron chi connectivity index (χ0n) is 50.1. The van der Waals surface area contributed by atoms with Crippen molar-refractivity contribution < 1.29 is 4.74 Å². The zero-order chi connectivity index (χ0) is 60.6. The molecule has 0 N–H and O–H groups in total. The highest BCUT2D eigenvalue weighted by Crippen LogP contribution is 2.52. The third kappa shape index (κ3) is 8.97. The van der Waals surface area contributed by atoms with E-state index >= 15 is 0 Å². The first kappa shape index (κ1) is 53.6. The van der Waals surface area contributed by atoms with E-state index < -0.39 is 0 Å². The molecule has 4 aliphatic heterocycles. The van der Waals surface area contributed by atoms with Crippen LogP contribution < -0.4 is 57.1 Å². The number of para-hydroxylation sites is 6. The summed E-state index contributed by atoms with van der Waals surface area (Å²) in [6.45, 7) is -0.275. The summed E-state index contributed by atoms with van der Waals surface area (Å²) in [5.74, 6) is 1.76. The first-order valence-corrected chi connectivity index (χ1v) is 32.4. The van der Waals surface area contributed by atoms with Crippen LogP contribution in [0.5, 0.6) is 11.5 Å². The predicted molar refractivity (Wildman–Crippen MR) is 388 cm³/mol. The van der Waals surface area contributed by atoms with Crippen LogP contribution in [0.15, 0.2) is 350 Å². The molecule has 0 amide bonds. The first-order valence-electron chi connectivity index (χ1n) is 31.5. The van der Waals surface area contributed by atoms with E-state index in [-0.39, 0.29) is 13.4 Å². The van der Waals surface area contributed by atoms with E-state index in [9.17, 15) is 0 Å². The minimum atomic E-state index is -0.167. The minimum absolute atomic E-state index is 0.108.